The van der Waals surface area contributed by atoms with Crippen LogP contribution >= 0.6 is 0 Å². The second-order valence-electron chi connectivity index (χ2n) is 6.89. The zero-order valence-corrected chi connectivity index (χ0v) is 16.0. The molecule has 1 aromatic carbocycles. The summed E-state index contributed by atoms with van der Waals surface area (Å²) in [6.45, 7) is 1.84. The van der Waals surface area contributed by atoms with Gasteiger partial charge in [-0.15, -0.1) is 0 Å². The molecule has 148 valence electrons. The monoisotopic (exact) mass is 395 g/mol. The van der Waals surface area contributed by atoms with Crippen LogP contribution in [0.5, 0.6) is 0 Å². The maximum atomic E-state index is 14.4. The summed E-state index contributed by atoms with van der Waals surface area (Å²) in [7, 11) is 1.47. The number of oxime groups is 1. The van der Waals surface area contributed by atoms with Crippen LogP contribution in [-0.4, -0.2) is 27.8 Å². The number of hydrogen-bond donors (Lipinski definition) is 1. The number of benzene rings is 1. The van der Waals surface area contributed by atoms with Crippen molar-refractivity contribution in [3.63, 3.8) is 0 Å². The van der Waals surface area contributed by atoms with Gasteiger partial charge in [0.25, 0.3) is 0 Å². The zero-order chi connectivity index (χ0) is 20.5. The fraction of sp³-hybridized carbons (Fsp3) is 0.238. The summed E-state index contributed by atoms with van der Waals surface area (Å²) in [5, 5.41) is 4.16. The molecule has 0 unspecified atom stereocenters. The van der Waals surface area contributed by atoms with Gasteiger partial charge >= 0.3 is 0 Å². The van der Waals surface area contributed by atoms with Gasteiger partial charge in [-0.1, -0.05) is 11.2 Å². The van der Waals surface area contributed by atoms with Crippen molar-refractivity contribution in [1.82, 2.24) is 15.0 Å². The van der Waals surface area contributed by atoms with Crippen LogP contribution in [0, 0.1) is 18.7 Å². The highest BCUT2D eigenvalue weighted by Gasteiger charge is 2.31. The molecule has 0 saturated carbocycles. The van der Waals surface area contributed by atoms with Gasteiger partial charge in [0.05, 0.1) is 17.1 Å². The topological polar surface area (TPSA) is 86.3 Å². The first-order valence-corrected chi connectivity index (χ1v) is 9.11. The molecule has 1 aliphatic rings. The van der Waals surface area contributed by atoms with E-state index in [2.05, 4.69) is 20.1 Å². The largest absolute Gasteiger partial charge is 0.399 e. The van der Waals surface area contributed by atoms with Gasteiger partial charge in [-0.2, -0.15) is 4.39 Å². The van der Waals surface area contributed by atoms with Crippen LogP contribution in [0.25, 0.3) is 11.1 Å². The van der Waals surface area contributed by atoms with Crippen molar-refractivity contribution >= 4 is 11.7 Å². The van der Waals surface area contributed by atoms with E-state index in [1.54, 1.807) is 18.2 Å². The molecule has 1 aliphatic carbocycles. The van der Waals surface area contributed by atoms with Gasteiger partial charge in [-0.05, 0) is 54.7 Å². The van der Waals surface area contributed by atoms with Crippen LogP contribution in [0.2, 0.25) is 0 Å². The van der Waals surface area contributed by atoms with E-state index < -0.39 is 11.8 Å². The number of fused-ring (bicyclic) bond motifs is 1. The number of nitrogens with two attached hydrogens (primary N) is 1. The molecule has 0 aliphatic heterocycles. The van der Waals surface area contributed by atoms with Crippen LogP contribution in [-0.2, 0) is 11.3 Å². The Balaban J connectivity index is 1.86. The maximum Gasteiger partial charge on any atom is 0.220 e. The number of pyridine rings is 1. The third-order valence-electron chi connectivity index (χ3n) is 5.06. The predicted molar refractivity (Wildman–Crippen MR) is 105 cm³/mol. The Morgan fingerprint density at radius 1 is 1.14 bits per heavy atom. The van der Waals surface area contributed by atoms with Gasteiger partial charge in [0, 0.05) is 23.7 Å². The second-order valence-corrected chi connectivity index (χ2v) is 6.89. The minimum Gasteiger partial charge on any atom is -0.399 e. The Morgan fingerprint density at radius 3 is 2.72 bits per heavy atom. The van der Waals surface area contributed by atoms with E-state index in [1.165, 1.54) is 25.4 Å². The van der Waals surface area contributed by atoms with E-state index >= 15 is 0 Å². The second kappa shape index (κ2) is 7.54. The molecule has 0 radical (unpaired) electrons. The average molecular weight is 395 g/mol. The molecule has 0 bridgehead atoms. The average Bonchev–Trinajstić information content (AvgIpc) is 2.67. The summed E-state index contributed by atoms with van der Waals surface area (Å²) in [5.74, 6) is -1.04. The van der Waals surface area contributed by atoms with Gasteiger partial charge < -0.3 is 10.6 Å². The lowest BCUT2D eigenvalue weighted by Crippen LogP contribution is -2.24. The minimum atomic E-state index is -0.649. The molecular formula is C21H19F2N5O. The number of aromatic nitrogens is 3. The molecule has 0 fully saturated rings. The quantitative estimate of drug-likeness (QED) is 0.539. The summed E-state index contributed by atoms with van der Waals surface area (Å²) in [6, 6.07) is 7.59. The van der Waals surface area contributed by atoms with Crippen LogP contribution in [0.3, 0.4) is 0 Å². The molecular weight excluding hydrogens is 376 g/mol. The smallest absolute Gasteiger partial charge is 0.220 e. The first-order valence-electron chi connectivity index (χ1n) is 9.11. The molecule has 2 N–H and O–H groups in total. The van der Waals surface area contributed by atoms with Gasteiger partial charge in [0.2, 0.25) is 11.9 Å². The van der Waals surface area contributed by atoms with E-state index in [9.17, 15) is 8.78 Å². The standard InChI is InChI=1S/C21H19F2N5O/c1-11-19-17(27-21(24)26-11)8-12(9-18(19)28-29-2)14-6-5-13(22)10-16(14)15-4-3-7-25-20(15)23/h3-7,10,12H,8-9H2,1-2H3,(H2,24,26,27)/b28-18+/t12-/m1/s1. The molecule has 3 aromatic rings. The van der Waals surface area contributed by atoms with E-state index in [-0.39, 0.29) is 17.4 Å². The molecule has 0 spiro atoms. The van der Waals surface area contributed by atoms with Crippen LogP contribution < -0.4 is 5.73 Å². The third kappa shape index (κ3) is 3.53. The number of nitrogen functional groups attached to an aromatic ring is 1. The SMILES string of the molecule is CO/N=C1\C[C@H](c2ccc(F)cc2-c2cccnc2F)Cc2nc(N)nc(C)c21. The number of anilines is 1. The van der Waals surface area contributed by atoms with Crippen LogP contribution in [0.4, 0.5) is 14.7 Å². The summed E-state index contributed by atoms with van der Waals surface area (Å²) in [5.41, 5.74) is 10.3. The number of hydrogen-bond acceptors (Lipinski definition) is 6. The van der Waals surface area contributed by atoms with Gasteiger partial charge in [-0.25, -0.2) is 19.3 Å². The lowest BCUT2D eigenvalue weighted by Gasteiger charge is -2.27. The van der Waals surface area contributed by atoms with E-state index in [1.807, 2.05) is 6.92 Å². The Hall–Kier alpha value is -3.42. The highest BCUT2D eigenvalue weighted by atomic mass is 19.1. The van der Waals surface area contributed by atoms with E-state index in [0.717, 1.165) is 22.5 Å². The number of rotatable bonds is 3. The third-order valence-corrected chi connectivity index (χ3v) is 5.06. The fourth-order valence-electron chi connectivity index (χ4n) is 3.94. The first-order chi connectivity index (χ1) is 14.0. The van der Waals surface area contributed by atoms with Crippen molar-refractivity contribution < 1.29 is 13.6 Å². The summed E-state index contributed by atoms with van der Waals surface area (Å²) in [4.78, 5) is 17.4. The molecule has 0 amide bonds. The van der Waals surface area contributed by atoms with Crippen molar-refractivity contribution in [1.29, 1.82) is 0 Å². The van der Waals surface area contributed by atoms with Crippen molar-refractivity contribution in [2.75, 3.05) is 12.8 Å². The zero-order valence-electron chi connectivity index (χ0n) is 16.0. The van der Waals surface area contributed by atoms with Gasteiger partial charge in [0.15, 0.2) is 0 Å². The van der Waals surface area contributed by atoms with E-state index in [0.29, 0.717) is 24.1 Å². The normalized spacial score (nSPS) is 17.2. The van der Waals surface area contributed by atoms with Crippen molar-refractivity contribution in [3.05, 3.63) is 70.8 Å². The molecule has 4 rings (SSSR count). The van der Waals surface area contributed by atoms with Gasteiger partial charge in [0.1, 0.15) is 12.9 Å². The molecule has 6 nitrogen and oxygen atoms in total. The van der Waals surface area contributed by atoms with Crippen molar-refractivity contribution in [2.24, 2.45) is 5.16 Å². The van der Waals surface area contributed by atoms with Crippen molar-refractivity contribution in [2.45, 2.75) is 25.7 Å². The summed E-state index contributed by atoms with van der Waals surface area (Å²) in [6.07, 6.45) is 2.40. The lowest BCUT2D eigenvalue weighted by atomic mass is 9.78. The molecule has 1 atom stereocenters. The number of aryl methyl sites for hydroxylation is 1. The lowest BCUT2D eigenvalue weighted by molar-refractivity contribution is 0.212. The number of nitrogens with zero attached hydrogens (tertiary/aromatic N) is 4. The van der Waals surface area contributed by atoms with Crippen LogP contribution in [0.15, 0.2) is 41.7 Å². The Morgan fingerprint density at radius 2 is 1.97 bits per heavy atom. The molecule has 29 heavy (non-hydrogen) atoms. The minimum absolute atomic E-state index is 0.125. The van der Waals surface area contributed by atoms with Crippen molar-refractivity contribution in [3.8, 4) is 11.1 Å². The molecule has 2 heterocycles. The molecule has 2 aromatic heterocycles. The summed E-state index contributed by atoms with van der Waals surface area (Å²) < 4.78 is 28.4. The fourth-order valence-corrected chi connectivity index (χ4v) is 3.94. The highest BCUT2D eigenvalue weighted by molar-refractivity contribution is 6.03. The Kier molecular flexibility index (Phi) is 4.92. The first kappa shape index (κ1) is 18.9. The molecule has 0 saturated heterocycles. The number of halogens is 2. The predicted octanol–water partition coefficient (Wildman–Crippen LogP) is 3.79. The maximum absolute atomic E-state index is 14.4. The Labute approximate surface area is 166 Å². The summed E-state index contributed by atoms with van der Waals surface area (Å²) >= 11 is 0. The molecule has 8 heteroatoms. The highest BCUT2D eigenvalue weighted by Crippen LogP contribution is 2.39. The van der Waals surface area contributed by atoms with Gasteiger partial charge in [-0.3, -0.25) is 0 Å². The van der Waals surface area contributed by atoms with E-state index in [4.69, 9.17) is 10.6 Å². The van der Waals surface area contributed by atoms with Crippen LogP contribution in [0.1, 0.15) is 34.9 Å². The Bertz CT molecular complexity index is 1120.